The third kappa shape index (κ3) is 3.01. The quantitative estimate of drug-likeness (QED) is 0.511. The Hall–Kier alpha value is -0.540. The maximum absolute atomic E-state index is 11.1. The SMILES string of the molecule is C=C(Cl)C(=O)OC1(C)CCCCO1. The van der Waals surface area contributed by atoms with Crippen LogP contribution in [0.3, 0.4) is 0 Å². The van der Waals surface area contributed by atoms with Gasteiger partial charge >= 0.3 is 5.97 Å². The Kier molecular flexibility index (Phi) is 3.33. The van der Waals surface area contributed by atoms with Gasteiger partial charge in [0, 0.05) is 13.3 Å². The lowest BCUT2D eigenvalue weighted by Crippen LogP contribution is -2.37. The number of hydrogen-bond acceptors (Lipinski definition) is 3. The van der Waals surface area contributed by atoms with Crippen LogP contribution in [0.2, 0.25) is 0 Å². The van der Waals surface area contributed by atoms with Crippen molar-refractivity contribution in [3.63, 3.8) is 0 Å². The number of hydrogen-bond donors (Lipinski definition) is 0. The largest absolute Gasteiger partial charge is 0.429 e. The summed E-state index contributed by atoms with van der Waals surface area (Å²) in [6.45, 7) is 5.65. The molecule has 1 atom stereocenters. The third-order valence-electron chi connectivity index (χ3n) is 1.96. The van der Waals surface area contributed by atoms with Crippen LogP contribution >= 0.6 is 11.6 Å². The monoisotopic (exact) mass is 204 g/mol. The Morgan fingerprint density at radius 1 is 1.62 bits per heavy atom. The summed E-state index contributed by atoms with van der Waals surface area (Å²) in [6.07, 6.45) is 2.72. The predicted octanol–water partition coefficient (Wildman–Crippen LogP) is 2.20. The van der Waals surface area contributed by atoms with Crippen molar-refractivity contribution < 1.29 is 14.3 Å². The lowest BCUT2D eigenvalue weighted by Gasteiger charge is -2.32. The van der Waals surface area contributed by atoms with Crippen molar-refractivity contribution >= 4 is 17.6 Å². The third-order valence-corrected chi connectivity index (χ3v) is 2.12. The number of rotatable bonds is 2. The molecule has 74 valence electrons. The van der Waals surface area contributed by atoms with Crippen molar-refractivity contribution in [1.82, 2.24) is 0 Å². The minimum atomic E-state index is -0.812. The van der Waals surface area contributed by atoms with E-state index in [0.717, 1.165) is 12.8 Å². The van der Waals surface area contributed by atoms with Crippen molar-refractivity contribution in [3.05, 3.63) is 11.6 Å². The first-order chi connectivity index (χ1) is 6.03. The van der Waals surface area contributed by atoms with Crippen LogP contribution in [0.4, 0.5) is 0 Å². The molecule has 1 aliphatic rings. The molecule has 4 heteroatoms. The second kappa shape index (κ2) is 4.11. The van der Waals surface area contributed by atoms with E-state index >= 15 is 0 Å². The van der Waals surface area contributed by atoms with Gasteiger partial charge in [0.15, 0.2) is 0 Å². The minimum absolute atomic E-state index is 0.115. The molecular formula is C9H13ClO3. The fourth-order valence-corrected chi connectivity index (χ4v) is 1.28. The van der Waals surface area contributed by atoms with E-state index in [-0.39, 0.29) is 5.03 Å². The van der Waals surface area contributed by atoms with Crippen molar-refractivity contribution in [2.24, 2.45) is 0 Å². The maximum Gasteiger partial charge on any atom is 0.351 e. The van der Waals surface area contributed by atoms with E-state index in [1.807, 2.05) is 0 Å². The topological polar surface area (TPSA) is 35.5 Å². The van der Waals surface area contributed by atoms with Crippen molar-refractivity contribution in [2.75, 3.05) is 6.61 Å². The molecule has 0 aromatic rings. The van der Waals surface area contributed by atoms with Crippen molar-refractivity contribution in [3.8, 4) is 0 Å². The van der Waals surface area contributed by atoms with Crippen LogP contribution < -0.4 is 0 Å². The van der Waals surface area contributed by atoms with E-state index in [2.05, 4.69) is 6.58 Å². The van der Waals surface area contributed by atoms with Crippen molar-refractivity contribution in [2.45, 2.75) is 32.0 Å². The van der Waals surface area contributed by atoms with Crippen LogP contribution in [0.1, 0.15) is 26.2 Å². The Morgan fingerprint density at radius 3 is 2.77 bits per heavy atom. The number of ether oxygens (including phenoxy) is 2. The predicted molar refractivity (Wildman–Crippen MR) is 49.3 cm³/mol. The van der Waals surface area contributed by atoms with Crippen LogP contribution in [0.25, 0.3) is 0 Å². The van der Waals surface area contributed by atoms with Crippen LogP contribution in [0.15, 0.2) is 11.6 Å². The van der Waals surface area contributed by atoms with Gasteiger partial charge in [-0.3, -0.25) is 0 Å². The molecule has 0 amide bonds. The van der Waals surface area contributed by atoms with Gasteiger partial charge in [0.2, 0.25) is 5.79 Å². The smallest absolute Gasteiger partial charge is 0.351 e. The van der Waals surface area contributed by atoms with Gasteiger partial charge in [-0.2, -0.15) is 0 Å². The molecule has 3 nitrogen and oxygen atoms in total. The molecule has 1 heterocycles. The van der Waals surface area contributed by atoms with Gasteiger partial charge in [0.25, 0.3) is 0 Å². The fraction of sp³-hybridized carbons (Fsp3) is 0.667. The molecular weight excluding hydrogens is 192 g/mol. The summed E-state index contributed by atoms with van der Waals surface area (Å²) in [5.41, 5.74) is 0. The first-order valence-electron chi connectivity index (χ1n) is 4.25. The zero-order chi connectivity index (χ0) is 9.90. The Balaban J connectivity index is 2.50. The second-order valence-electron chi connectivity index (χ2n) is 3.23. The first-order valence-corrected chi connectivity index (χ1v) is 4.63. The molecule has 1 aliphatic heterocycles. The lowest BCUT2D eigenvalue weighted by molar-refractivity contribution is -0.234. The second-order valence-corrected chi connectivity index (χ2v) is 3.69. The lowest BCUT2D eigenvalue weighted by atomic mass is 10.1. The zero-order valence-corrected chi connectivity index (χ0v) is 8.39. The van der Waals surface area contributed by atoms with Crippen LogP contribution in [-0.2, 0) is 14.3 Å². The molecule has 0 radical (unpaired) electrons. The normalized spacial score (nSPS) is 28.2. The van der Waals surface area contributed by atoms with E-state index in [0.29, 0.717) is 13.0 Å². The van der Waals surface area contributed by atoms with Crippen molar-refractivity contribution in [1.29, 1.82) is 0 Å². The number of carbonyl (C=O) groups is 1. The van der Waals surface area contributed by atoms with E-state index < -0.39 is 11.8 Å². The summed E-state index contributed by atoms with van der Waals surface area (Å²) in [6, 6.07) is 0. The van der Waals surface area contributed by atoms with E-state index in [4.69, 9.17) is 21.1 Å². The number of halogens is 1. The minimum Gasteiger partial charge on any atom is -0.429 e. The maximum atomic E-state index is 11.1. The van der Waals surface area contributed by atoms with Gasteiger partial charge in [-0.05, 0) is 12.8 Å². The van der Waals surface area contributed by atoms with Gasteiger partial charge in [0.05, 0.1) is 6.61 Å². The highest BCUT2D eigenvalue weighted by Gasteiger charge is 2.32. The first kappa shape index (κ1) is 10.5. The molecule has 1 fully saturated rings. The molecule has 0 bridgehead atoms. The van der Waals surface area contributed by atoms with Gasteiger partial charge in [-0.25, -0.2) is 4.79 Å². The molecule has 0 saturated carbocycles. The number of esters is 1. The Labute approximate surface area is 82.7 Å². The molecule has 0 aromatic heterocycles. The highest BCUT2D eigenvalue weighted by atomic mass is 35.5. The summed E-state index contributed by atoms with van der Waals surface area (Å²) >= 11 is 5.38. The zero-order valence-electron chi connectivity index (χ0n) is 7.64. The summed E-state index contributed by atoms with van der Waals surface area (Å²) in [5, 5.41) is -0.115. The van der Waals surface area contributed by atoms with Gasteiger partial charge in [-0.1, -0.05) is 18.2 Å². The summed E-state index contributed by atoms with van der Waals surface area (Å²) in [4.78, 5) is 11.1. The summed E-state index contributed by atoms with van der Waals surface area (Å²) in [5.74, 6) is -1.42. The van der Waals surface area contributed by atoms with E-state index in [1.165, 1.54) is 0 Å². The van der Waals surface area contributed by atoms with Crippen LogP contribution in [0.5, 0.6) is 0 Å². The van der Waals surface area contributed by atoms with E-state index in [1.54, 1.807) is 6.92 Å². The standard InChI is InChI=1S/C9H13ClO3/c1-7(10)8(11)13-9(2)5-3-4-6-12-9/h1,3-6H2,2H3. The highest BCUT2D eigenvalue weighted by molar-refractivity contribution is 6.40. The van der Waals surface area contributed by atoms with Gasteiger partial charge in [-0.15, -0.1) is 0 Å². The summed E-state index contributed by atoms with van der Waals surface area (Å²) < 4.78 is 10.4. The summed E-state index contributed by atoms with van der Waals surface area (Å²) in [7, 11) is 0. The fourth-order valence-electron chi connectivity index (χ4n) is 1.24. The van der Waals surface area contributed by atoms with Gasteiger partial charge in [0.1, 0.15) is 5.03 Å². The average molecular weight is 205 g/mol. The van der Waals surface area contributed by atoms with E-state index in [9.17, 15) is 4.79 Å². The highest BCUT2D eigenvalue weighted by Crippen LogP contribution is 2.26. The molecule has 0 aliphatic carbocycles. The average Bonchev–Trinajstić information content (AvgIpc) is 2.04. The van der Waals surface area contributed by atoms with Crippen LogP contribution in [-0.4, -0.2) is 18.4 Å². The molecule has 13 heavy (non-hydrogen) atoms. The van der Waals surface area contributed by atoms with Gasteiger partial charge < -0.3 is 9.47 Å². The molecule has 0 aromatic carbocycles. The Bertz CT molecular complexity index is 219. The molecule has 0 spiro atoms. The van der Waals surface area contributed by atoms with Crippen LogP contribution in [0, 0.1) is 0 Å². The molecule has 1 rings (SSSR count). The molecule has 1 saturated heterocycles. The number of carbonyl (C=O) groups excluding carboxylic acids is 1. The molecule has 1 unspecified atom stereocenters. The Morgan fingerprint density at radius 2 is 2.31 bits per heavy atom. The molecule has 0 N–H and O–H groups in total.